The molecule has 24 heavy (non-hydrogen) atoms. The van der Waals surface area contributed by atoms with Gasteiger partial charge in [-0.25, -0.2) is 0 Å². The summed E-state index contributed by atoms with van der Waals surface area (Å²) >= 11 is 1.63. The first kappa shape index (κ1) is 18.0. The van der Waals surface area contributed by atoms with Gasteiger partial charge >= 0.3 is 0 Å². The number of ether oxygens (including phenoxy) is 3. The maximum absolute atomic E-state index is 12.4. The highest BCUT2D eigenvalue weighted by molar-refractivity contribution is 7.98. The van der Waals surface area contributed by atoms with Gasteiger partial charge in [-0.1, -0.05) is 12.1 Å². The molecule has 0 unspecified atom stereocenters. The van der Waals surface area contributed by atoms with Crippen LogP contribution >= 0.6 is 11.8 Å². The minimum Gasteiger partial charge on any atom is -0.493 e. The number of carbonyl (C=O) groups is 1. The van der Waals surface area contributed by atoms with E-state index in [4.69, 9.17) is 14.2 Å². The predicted molar refractivity (Wildman–Crippen MR) is 96.7 cm³/mol. The third kappa shape index (κ3) is 4.14. The summed E-state index contributed by atoms with van der Waals surface area (Å²) in [5.41, 5.74) is 1.50. The monoisotopic (exact) mass is 347 g/mol. The van der Waals surface area contributed by atoms with E-state index in [9.17, 15) is 4.79 Å². The fourth-order valence-electron chi connectivity index (χ4n) is 2.38. The fraction of sp³-hybridized carbons (Fsp3) is 0.278. The SMILES string of the molecule is COc1ccc(CC(=O)Nc2cccc(SC)c2)c(OC)c1OC. The van der Waals surface area contributed by atoms with E-state index < -0.39 is 0 Å². The third-order valence-corrected chi connectivity index (χ3v) is 4.22. The Kier molecular flexibility index (Phi) is 6.37. The summed E-state index contributed by atoms with van der Waals surface area (Å²) in [7, 11) is 4.64. The molecule has 0 heterocycles. The molecule has 0 saturated carbocycles. The van der Waals surface area contributed by atoms with Crippen LogP contribution in [-0.4, -0.2) is 33.5 Å². The van der Waals surface area contributed by atoms with Gasteiger partial charge in [-0.3, -0.25) is 4.79 Å². The van der Waals surface area contributed by atoms with Crippen molar-refractivity contribution in [3.05, 3.63) is 42.0 Å². The van der Waals surface area contributed by atoms with Crippen LogP contribution in [0.3, 0.4) is 0 Å². The Balaban J connectivity index is 2.19. The molecule has 6 heteroatoms. The smallest absolute Gasteiger partial charge is 0.228 e. The Bertz CT molecular complexity index is 718. The van der Waals surface area contributed by atoms with E-state index in [1.165, 1.54) is 7.11 Å². The highest BCUT2D eigenvalue weighted by Crippen LogP contribution is 2.39. The van der Waals surface area contributed by atoms with E-state index in [-0.39, 0.29) is 12.3 Å². The largest absolute Gasteiger partial charge is 0.493 e. The number of rotatable bonds is 7. The standard InChI is InChI=1S/C18H21NO4S/c1-21-15-9-8-12(17(22-2)18(15)23-3)10-16(20)19-13-6-5-7-14(11-13)24-4/h5-9,11H,10H2,1-4H3,(H,19,20). The Morgan fingerprint density at radius 3 is 2.42 bits per heavy atom. The Hall–Kier alpha value is -2.34. The summed E-state index contributed by atoms with van der Waals surface area (Å²) in [6.07, 6.45) is 2.17. The number of anilines is 1. The van der Waals surface area contributed by atoms with Gasteiger partial charge in [-0.05, 0) is 30.5 Å². The maximum Gasteiger partial charge on any atom is 0.228 e. The van der Waals surface area contributed by atoms with Crippen molar-refractivity contribution in [2.45, 2.75) is 11.3 Å². The van der Waals surface area contributed by atoms with Crippen molar-refractivity contribution in [3.63, 3.8) is 0 Å². The molecular formula is C18H21NO4S. The fourth-order valence-corrected chi connectivity index (χ4v) is 2.84. The van der Waals surface area contributed by atoms with Crippen molar-refractivity contribution in [1.82, 2.24) is 0 Å². The minimum absolute atomic E-state index is 0.126. The van der Waals surface area contributed by atoms with Gasteiger partial charge in [-0.15, -0.1) is 11.8 Å². The van der Waals surface area contributed by atoms with Gasteiger partial charge in [0.1, 0.15) is 0 Å². The number of methoxy groups -OCH3 is 3. The molecule has 1 amide bonds. The normalized spacial score (nSPS) is 10.2. The Morgan fingerprint density at radius 2 is 1.79 bits per heavy atom. The molecule has 0 aromatic heterocycles. The van der Waals surface area contributed by atoms with E-state index in [0.717, 1.165) is 16.1 Å². The zero-order valence-corrected chi connectivity index (χ0v) is 15.0. The topological polar surface area (TPSA) is 56.8 Å². The molecule has 0 aliphatic carbocycles. The molecule has 2 aromatic carbocycles. The van der Waals surface area contributed by atoms with Crippen LogP contribution in [0.2, 0.25) is 0 Å². The molecule has 0 saturated heterocycles. The van der Waals surface area contributed by atoms with Gasteiger partial charge in [0.25, 0.3) is 0 Å². The van der Waals surface area contributed by atoms with Crippen molar-refractivity contribution < 1.29 is 19.0 Å². The highest BCUT2D eigenvalue weighted by atomic mass is 32.2. The summed E-state index contributed by atoms with van der Waals surface area (Å²) in [6, 6.07) is 11.3. The van der Waals surface area contributed by atoms with E-state index >= 15 is 0 Å². The second kappa shape index (κ2) is 8.49. The van der Waals surface area contributed by atoms with E-state index in [0.29, 0.717) is 17.2 Å². The highest BCUT2D eigenvalue weighted by Gasteiger charge is 2.17. The summed E-state index contributed by atoms with van der Waals surface area (Å²) in [4.78, 5) is 13.5. The molecule has 2 aromatic rings. The molecule has 5 nitrogen and oxygen atoms in total. The zero-order chi connectivity index (χ0) is 17.5. The maximum atomic E-state index is 12.4. The Morgan fingerprint density at radius 1 is 1.04 bits per heavy atom. The molecular weight excluding hydrogens is 326 g/mol. The van der Waals surface area contributed by atoms with Gasteiger partial charge in [0.15, 0.2) is 11.5 Å². The van der Waals surface area contributed by atoms with E-state index in [2.05, 4.69) is 5.32 Å². The first-order valence-corrected chi connectivity index (χ1v) is 8.57. The lowest BCUT2D eigenvalue weighted by molar-refractivity contribution is -0.115. The first-order valence-electron chi connectivity index (χ1n) is 7.34. The first-order chi connectivity index (χ1) is 11.6. The molecule has 128 valence electrons. The zero-order valence-electron chi connectivity index (χ0n) is 14.2. The van der Waals surface area contributed by atoms with Crippen LogP contribution in [0.1, 0.15) is 5.56 Å². The molecule has 0 fully saturated rings. The van der Waals surface area contributed by atoms with Crippen LogP contribution in [-0.2, 0) is 11.2 Å². The lowest BCUT2D eigenvalue weighted by Crippen LogP contribution is -2.15. The quantitative estimate of drug-likeness (QED) is 0.775. The number of benzene rings is 2. The molecule has 0 atom stereocenters. The van der Waals surface area contributed by atoms with Crippen LogP contribution in [0.15, 0.2) is 41.3 Å². The van der Waals surface area contributed by atoms with Gasteiger partial charge in [0.2, 0.25) is 11.7 Å². The number of thioether (sulfide) groups is 1. The average Bonchev–Trinajstić information content (AvgIpc) is 2.61. The van der Waals surface area contributed by atoms with Gasteiger partial charge in [0.05, 0.1) is 27.8 Å². The van der Waals surface area contributed by atoms with Crippen LogP contribution in [0, 0.1) is 0 Å². The number of hydrogen-bond acceptors (Lipinski definition) is 5. The summed E-state index contributed by atoms with van der Waals surface area (Å²) < 4.78 is 16.0. The Labute approximate surface area is 146 Å². The van der Waals surface area contributed by atoms with Gasteiger partial charge < -0.3 is 19.5 Å². The van der Waals surface area contributed by atoms with Gasteiger partial charge in [-0.2, -0.15) is 0 Å². The second-order valence-electron chi connectivity index (χ2n) is 4.95. The second-order valence-corrected chi connectivity index (χ2v) is 5.83. The lowest BCUT2D eigenvalue weighted by Gasteiger charge is -2.15. The van der Waals surface area contributed by atoms with Gasteiger partial charge in [0, 0.05) is 16.1 Å². The minimum atomic E-state index is -0.126. The third-order valence-electron chi connectivity index (χ3n) is 3.49. The van der Waals surface area contributed by atoms with Crippen LogP contribution in [0.25, 0.3) is 0 Å². The molecule has 0 radical (unpaired) electrons. The number of amides is 1. The van der Waals surface area contributed by atoms with Crippen molar-refractivity contribution in [2.75, 3.05) is 32.9 Å². The van der Waals surface area contributed by atoms with E-state index in [1.54, 1.807) is 38.1 Å². The lowest BCUT2D eigenvalue weighted by atomic mass is 10.1. The molecule has 2 rings (SSSR count). The number of carbonyl (C=O) groups excluding carboxylic acids is 1. The summed E-state index contributed by atoms with van der Waals surface area (Å²) in [5.74, 6) is 1.42. The molecule has 0 bridgehead atoms. The van der Waals surface area contributed by atoms with Crippen molar-refractivity contribution >= 4 is 23.4 Å². The van der Waals surface area contributed by atoms with Crippen molar-refractivity contribution in [1.29, 1.82) is 0 Å². The summed E-state index contributed by atoms with van der Waals surface area (Å²) in [5, 5.41) is 2.90. The molecule has 0 aliphatic rings. The molecule has 0 spiro atoms. The number of hydrogen-bond donors (Lipinski definition) is 1. The van der Waals surface area contributed by atoms with E-state index in [1.807, 2.05) is 30.5 Å². The molecule has 1 N–H and O–H groups in total. The van der Waals surface area contributed by atoms with Crippen LogP contribution in [0.4, 0.5) is 5.69 Å². The van der Waals surface area contributed by atoms with Crippen molar-refractivity contribution in [2.24, 2.45) is 0 Å². The summed E-state index contributed by atoms with van der Waals surface area (Å²) in [6.45, 7) is 0. The van der Waals surface area contributed by atoms with Crippen molar-refractivity contribution in [3.8, 4) is 17.2 Å². The van der Waals surface area contributed by atoms with Crippen LogP contribution < -0.4 is 19.5 Å². The molecule has 0 aliphatic heterocycles. The number of nitrogens with one attached hydrogen (secondary N) is 1. The van der Waals surface area contributed by atoms with Crippen LogP contribution in [0.5, 0.6) is 17.2 Å². The average molecular weight is 347 g/mol. The predicted octanol–water partition coefficient (Wildman–Crippen LogP) is 3.62.